The Bertz CT molecular complexity index is 416. The summed E-state index contributed by atoms with van der Waals surface area (Å²) in [6.07, 6.45) is 0. The van der Waals surface area contributed by atoms with E-state index < -0.39 is 0 Å². The molecule has 1 heterocycles. The van der Waals surface area contributed by atoms with Crippen LogP contribution in [0.15, 0.2) is 24.3 Å². The first-order chi connectivity index (χ1) is 8.61. The summed E-state index contributed by atoms with van der Waals surface area (Å²) < 4.78 is 5.13. The average molecular weight is 265 g/mol. The third-order valence-electron chi connectivity index (χ3n) is 3.09. The van der Waals surface area contributed by atoms with Crippen LogP contribution in [-0.2, 0) is 11.3 Å². The summed E-state index contributed by atoms with van der Waals surface area (Å²) in [5, 5.41) is 0.305. The Kier molecular flexibility index (Phi) is 4.17. The fourth-order valence-electron chi connectivity index (χ4n) is 2.13. The molecule has 1 saturated heterocycles. The van der Waals surface area contributed by atoms with Gasteiger partial charge in [-0.3, -0.25) is 4.79 Å². The molecule has 1 fully saturated rings. The quantitative estimate of drug-likeness (QED) is 0.838. The van der Waals surface area contributed by atoms with Crippen LogP contribution in [0.4, 0.5) is 0 Å². The van der Waals surface area contributed by atoms with Gasteiger partial charge in [0.25, 0.3) is 0 Å². The molecule has 0 aromatic heterocycles. The van der Waals surface area contributed by atoms with Gasteiger partial charge in [-0.2, -0.15) is 0 Å². The molecule has 1 unspecified atom stereocenters. The molecule has 1 aliphatic heterocycles. The van der Waals surface area contributed by atoms with Crippen molar-refractivity contribution < 1.29 is 9.53 Å². The van der Waals surface area contributed by atoms with Crippen molar-refractivity contribution in [2.45, 2.75) is 25.8 Å². The monoisotopic (exact) mass is 265 g/mol. The number of ether oxygens (including phenoxy) is 1. The lowest BCUT2D eigenvalue weighted by Crippen LogP contribution is -2.35. The molecule has 0 radical (unpaired) electrons. The van der Waals surface area contributed by atoms with E-state index in [0.29, 0.717) is 23.6 Å². The number of benzene rings is 1. The van der Waals surface area contributed by atoms with Crippen LogP contribution in [0.5, 0.6) is 5.75 Å². The number of nitrogens with zero attached hydrogens (tertiary/aromatic N) is 1. The summed E-state index contributed by atoms with van der Waals surface area (Å²) in [5.74, 6) is 2.19. The van der Waals surface area contributed by atoms with E-state index >= 15 is 0 Å². The van der Waals surface area contributed by atoms with Crippen molar-refractivity contribution in [2.75, 3.05) is 12.9 Å². The molecule has 0 N–H and O–H groups in total. The first kappa shape index (κ1) is 13.3. The van der Waals surface area contributed by atoms with Crippen molar-refractivity contribution in [1.29, 1.82) is 0 Å². The molecule has 0 saturated carbocycles. The van der Waals surface area contributed by atoms with Crippen LogP contribution in [0.1, 0.15) is 19.4 Å². The lowest BCUT2D eigenvalue weighted by atomic mass is 10.1. The van der Waals surface area contributed by atoms with Gasteiger partial charge in [-0.05, 0) is 23.6 Å². The zero-order valence-electron chi connectivity index (χ0n) is 11.1. The standard InChI is InChI=1S/C14H19NO2S/c1-10(2)14-15(13(16)9-18-14)8-11-4-6-12(17-3)7-5-11/h4-7,10,14H,8-9H2,1-3H3. The van der Waals surface area contributed by atoms with E-state index in [1.54, 1.807) is 18.9 Å². The topological polar surface area (TPSA) is 29.5 Å². The molecule has 98 valence electrons. The van der Waals surface area contributed by atoms with E-state index in [1.165, 1.54) is 0 Å². The smallest absolute Gasteiger partial charge is 0.233 e. The fraction of sp³-hybridized carbons (Fsp3) is 0.500. The number of methoxy groups -OCH3 is 1. The molecule has 1 aromatic rings. The molecule has 0 spiro atoms. The Balaban J connectivity index is 2.08. The number of hydrogen-bond acceptors (Lipinski definition) is 3. The van der Waals surface area contributed by atoms with E-state index in [4.69, 9.17) is 4.74 Å². The van der Waals surface area contributed by atoms with Crippen molar-refractivity contribution in [3.8, 4) is 5.75 Å². The van der Waals surface area contributed by atoms with Gasteiger partial charge < -0.3 is 9.64 Å². The van der Waals surface area contributed by atoms with Gasteiger partial charge in [-0.15, -0.1) is 11.8 Å². The van der Waals surface area contributed by atoms with Crippen molar-refractivity contribution in [3.63, 3.8) is 0 Å². The summed E-state index contributed by atoms with van der Waals surface area (Å²) in [6.45, 7) is 5.02. The van der Waals surface area contributed by atoms with E-state index in [-0.39, 0.29) is 5.91 Å². The highest BCUT2D eigenvalue weighted by Crippen LogP contribution is 2.31. The Morgan fingerprint density at radius 2 is 2.06 bits per heavy atom. The Morgan fingerprint density at radius 1 is 1.39 bits per heavy atom. The Labute approximate surface area is 113 Å². The molecule has 0 aliphatic carbocycles. The summed E-state index contributed by atoms with van der Waals surface area (Å²) in [7, 11) is 1.66. The van der Waals surface area contributed by atoms with Gasteiger partial charge in [0.2, 0.25) is 5.91 Å². The van der Waals surface area contributed by atoms with Gasteiger partial charge in [0.1, 0.15) is 5.75 Å². The van der Waals surface area contributed by atoms with Gasteiger partial charge in [-0.1, -0.05) is 26.0 Å². The number of amides is 1. The van der Waals surface area contributed by atoms with Gasteiger partial charge >= 0.3 is 0 Å². The van der Waals surface area contributed by atoms with Crippen LogP contribution in [0, 0.1) is 5.92 Å². The van der Waals surface area contributed by atoms with Crippen LogP contribution >= 0.6 is 11.8 Å². The second kappa shape index (κ2) is 5.65. The van der Waals surface area contributed by atoms with Crippen molar-refractivity contribution in [1.82, 2.24) is 4.90 Å². The molecule has 1 amide bonds. The van der Waals surface area contributed by atoms with E-state index in [9.17, 15) is 4.79 Å². The van der Waals surface area contributed by atoms with E-state index in [2.05, 4.69) is 13.8 Å². The second-order valence-corrected chi connectivity index (χ2v) is 5.92. The lowest BCUT2D eigenvalue weighted by molar-refractivity contribution is -0.129. The zero-order chi connectivity index (χ0) is 13.1. The fourth-order valence-corrected chi connectivity index (χ4v) is 3.37. The molecule has 3 nitrogen and oxygen atoms in total. The summed E-state index contributed by atoms with van der Waals surface area (Å²) >= 11 is 1.75. The third-order valence-corrected chi connectivity index (χ3v) is 4.64. The molecule has 1 aliphatic rings. The number of thioether (sulfide) groups is 1. The van der Waals surface area contributed by atoms with Gasteiger partial charge in [0.05, 0.1) is 18.2 Å². The average Bonchev–Trinajstić information content (AvgIpc) is 2.72. The van der Waals surface area contributed by atoms with E-state index in [0.717, 1.165) is 11.3 Å². The maximum absolute atomic E-state index is 11.9. The Morgan fingerprint density at radius 3 is 2.61 bits per heavy atom. The summed E-state index contributed by atoms with van der Waals surface area (Å²) in [4.78, 5) is 13.9. The first-order valence-corrected chi connectivity index (χ1v) is 7.20. The maximum Gasteiger partial charge on any atom is 0.233 e. The molecule has 1 aromatic carbocycles. The minimum Gasteiger partial charge on any atom is -0.497 e. The molecule has 1 atom stereocenters. The summed E-state index contributed by atoms with van der Waals surface area (Å²) in [6, 6.07) is 7.92. The Hall–Kier alpha value is -1.16. The van der Waals surface area contributed by atoms with Crippen LogP contribution in [0.3, 0.4) is 0 Å². The van der Waals surface area contributed by atoms with Crippen LogP contribution in [0.2, 0.25) is 0 Å². The molecule has 4 heteroatoms. The predicted molar refractivity (Wildman–Crippen MR) is 74.6 cm³/mol. The summed E-state index contributed by atoms with van der Waals surface area (Å²) in [5.41, 5.74) is 1.15. The van der Waals surface area contributed by atoms with Gasteiger partial charge in [0.15, 0.2) is 0 Å². The molecular formula is C14H19NO2S. The SMILES string of the molecule is COc1ccc(CN2C(=O)CSC2C(C)C)cc1. The normalized spacial score (nSPS) is 19.7. The molecule has 18 heavy (non-hydrogen) atoms. The zero-order valence-corrected chi connectivity index (χ0v) is 11.9. The minimum absolute atomic E-state index is 0.245. The molecular weight excluding hydrogens is 246 g/mol. The largest absolute Gasteiger partial charge is 0.497 e. The van der Waals surface area contributed by atoms with Crippen molar-refractivity contribution in [3.05, 3.63) is 29.8 Å². The number of hydrogen-bond donors (Lipinski definition) is 0. The number of rotatable bonds is 4. The van der Waals surface area contributed by atoms with Crippen LogP contribution in [-0.4, -0.2) is 29.0 Å². The molecule has 0 bridgehead atoms. The highest BCUT2D eigenvalue weighted by molar-refractivity contribution is 8.01. The van der Waals surface area contributed by atoms with Crippen LogP contribution in [0.25, 0.3) is 0 Å². The number of carbonyl (C=O) groups excluding carboxylic acids is 1. The van der Waals surface area contributed by atoms with Crippen LogP contribution < -0.4 is 4.74 Å². The number of carbonyl (C=O) groups is 1. The third kappa shape index (κ3) is 2.80. The maximum atomic E-state index is 11.9. The lowest BCUT2D eigenvalue weighted by Gasteiger charge is -2.26. The highest BCUT2D eigenvalue weighted by Gasteiger charge is 2.33. The predicted octanol–water partition coefficient (Wildman–Crippen LogP) is 2.75. The van der Waals surface area contributed by atoms with Gasteiger partial charge in [0, 0.05) is 6.54 Å². The van der Waals surface area contributed by atoms with Crippen molar-refractivity contribution in [2.24, 2.45) is 5.92 Å². The van der Waals surface area contributed by atoms with Crippen molar-refractivity contribution >= 4 is 17.7 Å². The first-order valence-electron chi connectivity index (χ1n) is 6.16. The minimum atomic E-state index is 0.245. The van der Waals surface area contributed by atoms with Gasteiger partial charge in [-0.25, -0.2) is 0 Å². The second-order valence-electron chi connectivity index (χ2n) is 4.82. The van der Waals surface area contributed by atoms with E-state index in [1.807, 2.05) is 29.2 Å². The molecule has 2 rings (SSSR count). The highest BCUT2D eigenvalue weighted by atomic mass is 32.2.